The maximum atomic E-state index is 12.4. The topological polar surface area (TPSA) is 76.1 Å². The molecule has 0 saturated heterocycles. The Morgan fingerprint density at radius 1 is 1.07 bits per heavy atom. The lowest BCUT2D eigenvalue weighted by atomic mass is 10.1. The van der Waals surface area contributed by atoms with Crippen LogP contribution in [0.5, 0.6) is 5.75 Å². The highest BCUT2D eigenvalue weighted by Gasteiger charge is 2.12. The third-order valence-electron chi connectivity index (χ3n) is 4.03. The molecule has 1 aromatic heterocycles. The van der Waals surface area contributed by atoms with Crippen LogP contribution in [0, 0.1) is 13.8 Å². The summed E-state index contributed by atoms with van der Waals surface area (Å²) in [6, 6.07) is 11.1. The lowest BCUT2D eigenvalue weighted by Crippen LogP contribution is -2.15. The number of methoxy groups -OCH3 is 1. The number of halogens is 1. The molecule has 1 heterocycles. The van der Waals surface area contributed by atoms with E-state index in [2.05, 4.69) is 20.6 Å². The van der Waals surface area contributed by atoms with Gasteiger partial charge in [-0.15, -0.1) is 0 Å². The number of rotatable bonds is 5. The fourth-order valence-corrected chi connectivity index (χ4v) is 2.85. The van der Waals surface area contributed by atoms with Gasteiger partial charge in [-0.3, -0.25) is 4.79 Å². The van der Waals surface area contributed by atoms with Crippen LogP contribution >= 0.6 is 11.6 Å². The van der Waals surface area contributed by atoms with Crippen LogP contribution in [0.2, 0.25) is 5.02 Å². The summed E-state index contributed by atoms with van der Waals surface area (Å²) in [7, 11) is 1.56. The van der Waals surface area contributed by atoms with Gasteiger partial charge in [0.25, 0.3) is 5.91 Å². The van der Waals surface area contributed by atoms with E-state index in [1.54, 1.807) is 19.2 Å². The van der Waals surface area contributed by atoms with E-state index < -0.39 is 0 Å². The highest BCUT2D eigenvalue weighted by atomic mass is 35.5. The zero-order valence-electron chi connectivity index (χ0n) is 15.2. The molecule has 27 heavy (non-hydrogen) atoms. The van der Waals surface area contributed by atoms with Gasteiger partial charge >= 0.3 is 0 Å². The number of ether oxygens (including phenoxy) is 1. The molecule has 0 atom stereocenters. The molecule has 0 radical (unpaired) electrons. The number of hydrogen-bond acceptors (Lipinski definition) is 5. The number of carbonyl (C=O) groups is 1. The molecular weight excluding hydrogens is 364 g/mol. The fraction of sp³-hybridized carbons (Fsp3) is 0.150. The normalized spacial score (nSPS) is 10.4. The summed E-state index contributed by atoms with van der Waals surface area (Å²) in [4.78, 5) is 20.9. The lowest BCUT2D eigenvalue weighted by Gasteiger charge is -2.11. The Labute approximate surface area is 162 Å². The molecule has 0 unspecified atom stereocenters. The summed E-state index contributed by atoms with van der Waals surface area (Å²) in [6.45, 7) is 3.89. The van der Waals surface area contributed by atoms with Gasteiger partial charge in [0.15, 0.2) is 0 Å². The SMILES string of the molecule is COc1ccc(Nc2cnc(C(=O)Nc3c(C)cccc3C)cn2)cc1Cl. The molecular formula is C20H19ClN4O2. The van der Waals surface area contributed by atoms with Gasteiger partial charge in [0.1, 0.15) is 17.3 Å². The molecule has 6 nitrogen and oxygen atoms in total. The Morgan fingerprint density at radius 3 is 2.41 bits per heavy atom. The molecule has 0 saturated carbocycles. The average Bonchev–Trinajstić information content (AvgIpc) is 2.65. The number of aryl methyl sites for hydroxylation is 2. The standard InChI is InChI=1S/C20H19ClN4O2/c1-12-5-4-6-13(2)19(12)25-20(26)16-10-23-18(11-22-16)24-14-7-8-17(27-3)15(21)9-14/h4-11H,1-3H3,(H,23,24)(H,25,26). The zero-order chi connectivity index (χ0) is 19.4. The second-order valence-electron chi connectivity index (χ2n) is 5.98. The number of nitrogens with one attached hydrogen (secondary N) is 2. The van der Waals surface area contributed by atoms with E-state index in [-0.39, 0.29) is 11.6 Å². The van der Waals surface area contributed by atoms with Crippen molar-refractivity contribution in [3.8, 4) is 5.75 Å². The highest BCUT2D eigenvalue weighted by molar-refractivity contribution is 6.32. The van der Waals surface area contributed by atoms with Crippen LogP contribution in [0.15, 0.2) is 48.8 Å². The number of nitrogens with zero attached hydrogens (tertiary/aromatic N) is 2. The molecule has 0 fully saturated rings. The monoisotopic (exact) mass is 382 g/mol. The number of amides is 1. The number of hydrogen-bond donors (Lipinski definition) is 2. The van der Waals surface area contributed by atoms with Crippen molar-refractivity contribution in [2.75, 3.05) is 17.7 Å². The summed E-state index contributed by atoms with van der Waals surface area (Å²) in [5.41, 5.74) is 3.75. The van der Waals surface area contributed by atoms with Crippen LogP contribution in [-0.2, 0) is 0 Å². The summed E-state index contributed by atoms with van der Waals surface area (Å²) < 4.78 is 5.13. The van der Waals surface area contributed by atoms with Gasteiger partial charge in [-0.2, -0.15) is 0 Å². The van der Waals surface area contributed by atoms with Gasteiger partial charge in [-0.1, -0.05) is 29.8 Å². The van der Waals surface area contributed by atoms with Crippen molar-refractivity contribution in [3.63, 3.8) is 0 Å². The summed E-state index contributed by atoms with van der Waals surface area (Å²) in [5.74, 6) is 0.783. The van der Waals surface area contributed by atoms with Crippen molar-refractivity contribution in [2.24, 2.45) is 0 Å². The first-order chi connectivity index (χ1) is 13.0. The van der Waals surface area contributed by atoms with Crippen LogP contribution in [0.1, 0.15) is 21.6 Å². The van der Waals surface area contributed by atoms with Crippen molar-refractivity contribution in [3.05, 3.63) is 70.6 Å². The molecule has 138 valence electrons. The minimum atomic E-state index is -0.307. The van der Waals surface area contributed by atoms with Crippen LogP contribution in [-0.4, -0.2) is 23.0 Å². The lowest BCUT2D eigenvalue weighted by molar-refractivity contribution is 0.102. The second-order valence-corrected chi connectivity index (χ2v) is 6.39. The van der Waals surface area contributed by atoms with Crippen LogP contribution < -0.4 is 15.4 Å². The van der Waals surface area contributed by atoms with Gasteiger partial charge < -0.3 is 15.4 Å². The third-order valence-corrected chi connectivity index (χ3v) is 4.32. The van der Waals surface area contributed by atoms with E-state index in [0.29, 0.717) is 16.6 Å². The van der Waals surface area contributed by atoms with Crippen molar-refractivity contribution in [1.29, 1.82) is 0 Å². The van der Waals surface area contributed by atoms with Gasteiger partial charge in [-0.05, 0) is 43.2 Å². The molecule has 3 rings (SSSR count). The van der Waals surface area contributed by atoms with Gasteiger partial charge in [0.05, 0.1) is 24.5 Å². The zero-order valence-corrected chi connectivity index (χ0v) is 16.0. The van der Waals surface area contributed by atoms with Gasteiger partial charge in [-0.25, -0.2) is 9.97 Å². The Hall–Kier alpha value is -3.12. The Balaban J connectivity index is 1.71. The molecule has 7 heteroatoms. The van der Waals surface area contributed by atoms with E-state index in [9.17, 15) is 4.79 Å². The predicted molar refractivity (Wildman–Crippen MR) is 107 cm³/mol. The average molecular weight is 383 g/mol. The Kier molecular flexibility index (Phi) is 5.57. The number of benzene rings is 2. The van der Waals surface area contributed by atoms with Crippen molar-refractivity contribution in [1.82, 2.24) is 9.97 Å². The minimum Gasteiger partial charge on any atom is -0.495 e. The maximum absolute atomic E-state index is 12.4. The van der Waals surface area contributed by atoms with E-state index in [4.69, 9.17) is 16.3 Å². The van der Waals surface area contributed by atoms with Crippen molar-refractivity contribution >= 4 is 34.7 Å². The van der Waals surface area contributed by atoms with Gasteiger partial charge in [0.2, 0.25) is 0 Å². The highest BCUT2D eigenvalue weighted by Crippen LogP contribution is 2.28. The molecule has 1 amide bonds. The van der Waals surface area contributed by atoms with E-state index in [1.165, 1.54) is 12.4 Å². The van der Waals surface area contributed by atoms with E-state index in [0.717, 1.165) is 22.5 Å². The summed E-state index contributed by atoms with van der Waals surface area (Å²) in [5, 5.41) is 6.46. The van der Waals surface area contributed by atoms with Gasteiger partial charge in [0, 0.05) is 11.4 Å². The van der Waals surface area contributed by atoms with E-state index >= 15 is 0 Å². The Morgan fingerprint density at radius 2 is 1.81 bits per heavy atom. The summed E-state index contributed by atoms with van der Waals surface area (Å²) >= 11 is 6.11. The number of carbonyl (C=O) groups excluding carboxylic acids is 1. The third kappa shape index (κ3) is 4.35. The number of para-hydroxylation sites is 1. The molecule has 2 aromatic carbocycles. The van der Waals surface area contributed by atoms with Crippen molar-refractivity contribution in [2.45, 2.75) is 13.8 Å². The largest absolute Gasteiger partial charge is 0.495 e. The first-order valence-corrected chi connectivity index (χ1v) is 8.66. The molecule has 2 N–H and O–H groups in total. The number of anilines is 3. The fourth-order valence-electron chi connectivity index (χ4n) is 2.59. The second kappa shape index (κ2) is 8.05. The van der Waals surface area contributed by atoms with E-state index in [1.807, 2.05) is 38.1 Å². The predicted octanol–water partition coefficient (Wildman–Crippen LogP) is 4.75. The Bertz CT molecular complexity index is 954. The quantitative estimate of drug-likeness (QED) is 0.665. The molecule has 0 aliphatic carbocycles. The smallest absolute Gasteiger partial charge is 0.275 e. The minimum absolute atomic E-state index is 0.232. The van der Waals surface area contributed by atoms with Crippen LogP contribution in [0.4, 0.5) is 17.2 Å². The van der Waals surface area contributed by atoms with Crippen LogP contribution in [0.3, 0.4) is 0 Å². The molecule has 0 spiro atoms. The molecule has 0 aliphatic heterocycles. The molecule has 3 aromatic rings. The van der Waals surface area contributed by atoms with Crippen molar-refractivity contribution < 1.29 is 9.53 Å². The molecule has 0 aliphatic rings. The summed E-state index contributed by atoms with van der Waals surface area (Å²) in [6.07, 6.45) is 2.92. The maximum Gasteiger partial charge on any atom is 0.275 e. The first kappa shape index (κ1) is 18.7. The number of aromatic nitrogens is 2. The van der Waals surface area contributed by atoms with Crippen LogP contribution in [0.25, 0.3) is 0 Å². The molecule has 0 bridgehead atoms. The first-order valence-electron chi connectivity index (χ1n) is 8.28.